The van der Waals surface area contributed by atoms with Crippen LogP contribution < -0.4 is 0 Å². The van der Waals surface area contributed by atoms with Gasteiger partial charge in [-0.3, -0.25) is 0 Å². The fourth-order valence-electron chi connectivity index (χ4n) is 1.98. The van der Waals surface area contributed by atoms with Crippen molar-refractivity contribution in [2.45, 2.75) is 6.92 Å². The van der Waals surface area contributed by atoms with Gasteiger partial charge in [0.1, 0.15) is 0 Å². The Morgan fingerprint density at radius 2 is 1.89 bits per heavy atom. The zero-order valence-electron chi connectivity index (χ0n) is 11.4. The van der Waals surface area contributed by atoms with Gasteiger partial charge >= 0.3 is 0 Å². The average molecular weight is 238 g/mol. The summed E-state index contributed by atoms with van der Waals surface area (Å²) in [5.74, 6) is 0. The molecule has 1 heteroatoms. The largest absolute Gasteiger partial charge is 0.306 e. The molecule has 1 aromatic carbocycles. The fourth-order valence-corrected chi connectivity index (χ4v) is 1.98. The van der Waals surface area contributed by atoms with Gasteiger partial charge in [-0.2, -0.15) is 0 Å². The fraction of sp³-hybridized carbons (Fsp3) is 0.235. The van der Waals surface area contributed by atoms with Gasteiger partial charge in [-0.15, -0.1) is 42.3 Å². The normalized spacial score (nSPS) is 16.4. The van der Waals surface area contributed by atoms with E-state index in [2.05, 4.69) is 80.9 Å². The summed E-state index contributed by atoms with van der Waals surface area (Å²) in [5, 5.41) is 0. The van der Waals surface area contributed by atoms with Crippen molar-refractivity contribution in [2.75, 3.05) is 20.6 Å². The average Bonchev–Trinajstić information content (AvgIpc) is 2.75. The molecule has 0 saturated heterocycles. The molecule has 0 aliphatic heterocycles. The van der Waals surface area contributed by atoms with E-state index in [9.17, 15) is 0 Å². The van der Waals surface area contributed by atoms with Gasteiger partial charge in [0.25, 0.3) is 0 Å². The van der Waals surface area contributed by atoms with E-state index >= 15 is 0 Å². The molecule has 0 bridgehead atoms. The van der Waals surface area contributed by atoms with Crippen molar-refractivity contribution < 1.29 is 0 Å². The summed E-state index contributed by atoms with van der Waals surface area (Å²) in [5.41, 5.74) is 5.24. The van der Waals surface area contributed by atoms with Crippen molar-refractivity contribution >= 4 is 0 Å². The Labute approximate surface area is 110 Å². The number of likely N-dealkylation sites (N-methyl/N-ethyl adjacent to an activating group) is 1. The minimum atomic E-state index is 0.987. The van der Waals surface area contributed by atoms with E-state index in [-0.39, 0.29) is 0 Å². The van der Waals surface area contributed by atoms with Crippen molar-refractivity contribution in [2.24, 2.45) is 0 Å². The van der Waals surface area contributed by atoms with Crippen LogP contribution in [0.25, 0.3) is 0 Å². The maximum Gasteiger partial charge on any atom is 0.0147 e. The molecule has 0 amide bonds. The Morgan fingerprint density at radius 1 is 1.17 bits per heavy atom. The Bertz CT molecular complexity index is 487. The zero-order valence-corrected chi connectivity index (χ0v) is 11.4. The summed E-state index contributed by atoms with van der Waals surface area (Å²) in [7, 11) is 4.20. The Morgan fingerprint density at radius 3 is 2.56 bits per heavy atom. The smallest absolute Gasteiger partial charge is 0.0147 e. The first-order valence-corrected chi connectivity index (χ1v) is 6.29. The molecule has 1 aliphatic carbocycles. The van der Waals surface area contributed by atoms with Crippen LogP contribution in [0.1, 0.15) is 11.1 Å². The van der Waals surface area contributed by atoms with Gasteiger partial charge in [-0.25, -0.2) is 0 Å². The molecule has 0 radical (unpaired) electrons. The minimum absolute atomic E-state index is 0.987. The molecule has 0 N–H and O–H groups in total. The van der Waals surface area contributed by atoms with Crippen LogP contribution in [0.15, 0.2) is 59.7 Å². The molecule has 0 fully saturated rings. The molecule has 1 aliphatic rings. The third-order valence-corrected chi connectivity index (χ3v) is 2.96. The number of aryl methyl sites for hydroxylation is 1. The number of nitrogens with zero attached hydrogens (tertiary/aromatic N) is 1. The summed E-state index contributed by atoms with van der Waals surface area (Å²) < 4.78 is 0. The number of allylic oxidation sites excluding steroid dienone is 4. The van der Waals surface area contributed by atoms with Crippen LogP contribution in [0.5, 0.6) is 0 Å². The molecule has 0 heterocycles. The maximum absolute atomic E-state index is 2.20. The number of rotatable bonds is 4. The maximum atomic E-state index is 2.20. The molecule has 94 valence electrons. The van der Waals surface area contributed by atoms with Gasteiger partial charge in [-0.1, -0.05) is 34.9 Å². The van der Waals surface area contributed by atoms with Gasteiger partial charge in [-0.05, 0) is 21.0 Å². The third kappa shape index (κ3) is 3.38. The Hall–Kier alpha value is -1.73. The molecule has 0 atom stereocenters. The lowest BCUT2D eigenvalue weighted by Crippen LogP contribution is -2.15. The first kappa shape index (κ1) is 12.7. The van der Waals surface area contributed by atoms with E-state index in [0.29, 0.717) is 0 Å². The topological polar surface area (TPSA) is 3.24 Å². The van der Waals surface area contributed by atoms with Gasteiger partial charge in [0.2, 0.25) is 0 Å². The standard InChI is InChI=1S/C17H20N/c1-14-7-9-15(10-8-14)11-12-16-5-4-6-17(16)13-18(2)3/h4-12H,13H2,1-3H3/q-1/b16-12-. The van der Waals surface area contributed by atoms with Crippen LogP contribution in [0, 0.1) is 13.3 Å². The van der Waals surface area contributed by atoms with Crippen LogP contribution in [-0.4, -0.2) is 25.5 Å². The summed E-state index contributed by atoms with van der Waals surface area (Å²) in [6.07, 6.45) is 10.9. The van der Waals surface area contributed by atoms with Crippen LogP contribution in [0.3, 0.4) is 0 Å². The Balaban J connectivity index is 2.03. The predicted molar refractivity (Wildman–Crippen MR) is 78.4 cm³/mol. The van der Waals surface area contributed by atoms with Crippen molar-refractivity contribution in [1.29, 1.82) is 0 Å². The quantitative estimate of drug-likeness (QED) is 0.725. The summed E-state index contributed by atoms with van der Waals surface area (Å²) >= 11 is 0. The molecule has 18 heavy (non-hydrogen) atoms. The highest BCUT2D eigenvalue weighted by Gasteiger charge is 2.03. The van der Waals surface area contributed by atoms with E-state index in [0.717, 1.165) is 6.54 Å². The van der Waals surface area contributed by atoms with Crippen molar-refractivity contribution in [3.05, 3.63) is 77.3 Å². The molecular formula is C17H20N-. The van der Waals surface area contributed by atoms with Crippen LogP contribution in [0.2, 0.25) is 0 Å². The van der Waals surface area contributed by atoms with Crippen LogP contribution >= 0.6 is 0 Å². The van der Waals surface area contributed by atoms with Crippen molar-refractivity contribution in [3.8, 4) is 0 Å². The first-order chi connectivity index (χ1) is 8.65. The summed E-state index contributed by atoms with van der Waals surface area (Å²) in [6, 6.07) is 8.59. The number of benzene rings is 1. The van der Waals surface area contributed by atoms with E-state index in [1.54, 1.807) is 0 Å². The van der Waals surface area contributed by atoms with E-state index in [1.807, 2.05) is 0 Å². The van der Waals surface area contributed by atoms with Gasteiger partial charge in [0.05, 0.1) is 0 Å². The molecule has 2 rings (SSSR count). The lowest BCUT2D eigenvalue weighted by molar-refractivity contribution is 0.448. The minimum Gasteiger partial charge on any atom is -0.306 e. The summed E-state index contributed by atoms with van der Waals surface area (Å²) in [6.45, 7) is 3.10. The first-order valence-electron chi connectivity index (χ1n) is 6.29. The molecule has 0 spiro atoms. The van der Waals surface area contributed by atoms with Gasteiger partial charge < -0.3 is 4.90 Å². The molecule has 1 aromatic rings. The molecular weight excluding hydrogens is 218 g/mol. The number of hydrogen-bond donors (Lipinski definition) is 0. The van der Waals surface area contributed by atoms with Crippen molar-refractivity contribution in [1.82, 2.24) is 4.90 Å². The second kappa shape index (κ2) is 5.74. The van der Waals surface area contributed by atoms with Gasteiger partial charge in [0.15, 0.2) is 0 Å². The Kier molecular flexibility index (Phi) is 4.06. The third-order valence-electron chi connectivity index (χ3n) is 2.96. The second-order valence-electron chi connectivity index (χ2n) is 4.99. The van der Waals surface area contributed by atoms with Crippen LogP contribution in [-0.2, 0) is 0 Å². The summed E-state index contributed by atoms with van der Waals surface area (Å²) in [4.78, 5) is 2.19. The SMILES string of the molecule is Cc1ccc([CH-]/C=C2/C=CC=C2CN(C)C)cc1. The van der Waals surface area contributed by atoms with E-state index in [1.165, 1.54) is 22.3 Å². The highest BCUT2D eigenvalue weighted by molar-refractivity contribution is 5.51. The molecule has 0 aromatic heterocycles. The highest BCUT2D eigenvalue weighted by Crippen LogP contribution is 2.20. The van der Waals surface area contributed by atoms with Crippen molar-refractivity contribution in [3.63, 3.8) is 0 Å². The van der Waals surface area contributed by atoms with E-state index in [4.69, 9.17) is 0 Å². The molecule has 0 saturated carbocycles. The van der Waals surface area contributed by atoms with Gasteiger partial charge in [0, 0.05) is 6.54 Å². The molecule has 0 unspecified atom stereocenters. The lowest BCUT2D eigenvalue weighted by atomic mass is 10.0. The monoisotopic (exact) mass is 238 g/mol. The lowest BCUT2D eigenvalue weighted by Gasteiger charge is -2.15. The zero-order chi connectivity index (χ0) is 13.0. The van der Waals surface area contributed by atoms with Crippen LogP contribution in [0.4, 0.5) is 0 Å². The predicted octanol–water partition coefficient (Wildman–Crippen LogP) is 3.53. The number of hydrogen-bond acceptors (Lipinski definition) is 1. The second-order valence-corrected chi connectivity index (χ2v) is 4.99. The highest BCUT2D eigenvalue weighted by atomic mass is 15.0. The van der Waals surface area contributed by atoms with E-state index < -0.39 is 0 Å². The molecule has 1 nitrogen and oxygen atoms in total.